The molecule has 1 N–H and O–H groups in total. The van der Waals surface area contributed by atoms with E-state index in [-0.39, 0.29) is 29.7 Å². The number of carbonyl (C=O) groups is 3. The Kier molecular flexibility index (Phi) is 3.50. The van der Waals surface area contributed by atoms with E-state index < -0.39 is 11.3 Å². The van der Waals surface area contributed by atoms with Crippen molar-refractivity contribution in [2.75, 3.05) is 11.9 Å². The summed E-state index contributed by atoms with van der Waals surface area (Å²) in [5, 5.41) is 2.62. The maximum Gasteiger partial charge on any atom is 0.245 e. The van der Waals surface area contributed by atoms with E-state index in [1.165, 1.54) is 0 Å². The molecule has 23 heavy (non-hydrogen) atoms. The van der Waals surface area contributed by atoms with Gasteiger partial charge < -0.3 is 5.32 Å². The van der Waals surface area contributed by atoms with Gasteiger partial charge in [0.15, 0.2) is 0 Å². The van der Waals surface area contributed by atoms with Crippen LogP contribution >= 0.6 is 0 Å². The number of anilines is 1. The Hall–Kier alpha value is -2.24. The Morgan fingerprint density at radius 2 is 2.09 bits per heavy atom. The third-order valence-electron chi connectivity index (χ3n) is 5.74. The molecule has 122 valence electrons. The first kappa shape index (κ1) is 15.6. The highest BCUT2D eigenvalue weighted by atomic mass is 16.2. The number of amides is 3. The van der Waals surface area contributed by atoms with Crippen LogP contribution in [0.5, 0.6) is 0 Å². The number of nitrogens with zero attached hydrogens (tertiary/aromatic N) is 2. The van der Waals surface area contributed by atoms with Crippen molar-refractivity contribution in [3.05, 3.63) is 24.4 Å². The number of aromatic nitrogens is 1. The van der Waals surface area contributed by atoms with Gasteiger partial charge in [-0.2, -0.15) is 0 Å². The van der Waals surface area contributed by atoms with E-state index >= 15 is 0 Å². The molecule has 2 unspecified atom stereocenters. The number of piperidine rings is 1. The molecule has 1 aliphatic heterocycles. The molecule has 1 saturated heterocycles. The monoisotopic (exact) mass is 315 g/mol. The third-order valence-corrected chi connectivity index (χ3v) is 5.74. The van der Waals surface area contributed by atoms with Crippen molar-refractivity contribution in [2.45, 2.75) is 33.6 Å². The molecule has 2 atom stereocenters. The number of likely N-dealkylation sites (tertiary alicyclic amines) is 1. The van der Waals surface area contributed by atoms with Crippen LogP contribution in [-0.2, 0) is 14.4 Å². The van der Waals surface area contributed by atoms with Gasteiger partial charge in [-0.15, -0.1) is 0 Å². The minimum Gasteiger partial charge on any atom is -0.309 e. The van der Waals surface area contributed by atoms with Gasteiger partial charge in [0.05, 0.1) is 5.41 Å². The summed E-state index contributed by atoms with van der Waals surface area (Å²) >= 11 is 0. The summed E-state index contributed by atoms with van der Waals surface area (Å²) in [6.45, 7) is 5.61. The van der Waals surface area contributed by atoms with Gasteiger partial charge in [-0.05, 0) is 30.4 Å². The standard InChI is InChI=1S/C17H21N3O3/c1-16(2)11-7-8-17(16,3)15(23)20(14(11)22)10-13(21)19-12-6-4-5-9-18-12/h4-6,9,11H,7-8,10H2,1-3H3,(H,18,19,21). The molecular formula is C17H21N3O3. The molecule has 0 spiro atoms. The predicted octanol–water partition coefficient (Wildman–Crippen LogP) is 1.83. The molecule has 1 aromatic heterocycles. The Labute approximate surface area is 135 Å². The number of hydrogen-bond acceptors (Lipinski definition) is 4. The van der Waals surface area contributed by atoms with Gasteiger partial charge in [0.25, 0.3) is 0 Å². The molecule has 1 saturated carbocycles. The van der Waals surface area contributed by atoms with Gasteiger partial charge in [-0.1, -0.05) is 26.8 Å². The van der Waals surface area contributed by atoms with Gasteiger partial charge in [0.1, 0.15) is 12.4 Å². The first-order valence-electron chi connectivity index (χ1n) is 7.84. The van der Waals surface area contributed by atoms with Crippen LogP contribution in [0.2, 0.25) is 0 Å². The lowest BCUT2D eigenvalue weighted by Crippen LogP contribution is -2.60. The number of pyridine rings is 1. The fourth-order valence-corrected chi connectivity index (χ4v) is 3.81. The van der Waals surface area contributed by atoms with E-state index in [1.54, 1.807) is 24.4 Å². The Morgan fingerprint density at radius 3 is 2.74 bits per heavy atom. The van der Waals surface area contributed by atoms with Crippen LogP contribution < -0.4 is 5.32 Å². The largest absolute Gasteiger partial charge is 0.309 e. The van der Waals surface area contributed by atoms with Crippen molar-refractivity contribution < 1.29 is 14.4 Å². The summed E-state index contributed by atoms with van der Waals surface area (Å²) in [6.07, 6.45) is 2.95. The fraction of sp³-hybridized carbons (Fsp3) is 0.529. The number of fused-ring (bicyclic) bond motifs is 2. The maximum absolute atomic E-state index is 12.8. The molecular weight excluding hydrogens is 294 g/mol. The highest BCUT2D eigenvalue weighted by Gasteiger charge is 2.64. The van der Waals surface area contributed by atoms with Crippen LogP contribution in [-0.4, -0.2) is 34.2 Å². The zero-order valence-corrected chi connectivity index (χ0v) is 13.6. The van der Waals surface area contributed by atoms with Crippen molar-refractivity contribution >= 4 is 23.5 Å². The van der Waals surface area contributed by atoms with Crippen molar-refractivity contribution in [2.24, 2.45) is 16.7 Å². The molecule has 2 heterocycles. The predicted molar refractivity (Wildman–Crippen MR) is 84.2 cm³/mol. The number of nitrogens with one attached hydrogen (secondary N) is 1. The minimum atomic E-state index is -0.586. The lowest BCUT2D eigenvalue weighted by atomic mass is 9.62. The number of hydrogen-bond donors (Lipinski definition) is 1. The lowest BCUT2D eigenvalue weighted by Gasteiger charge is -2.47. The van der Waals surface area contributed by atoms with E-state index in [9.17, 15) is 14.4 Å². The molecule has 2 bridgehead atoms. The first-order chi connectivity index (χ1) is 10.8. The number of carbonyl (C=O) groups excluding carboxylic acids is 3. The SMILES string of the molecule is CC12CCC(C(=O)N(CC(=O)Nc3ccccn3)C1=O)C2(C)C. The van der Waals surface area contributed by atoms with Crippen molar-refractivity contribution in [1.82, 2.24) is 9.88 Å². The average molecular weight is 315 g/mol. The molecule has 6 nitrogen and oxygen atoms in total. The van der Waals surface area contributed by atoms with Crippen molar-refractivity contribution in [1.29, 1.82) is 0 Å². The highest BCUT2D eigenvalue weighted by molar-refractivity contribution is 6.07. The van der Waals surface area contributed by atoms with Crippen LogP contribution in [0.3, 0.4) is 0 Å². The summed E-state index contributed by atoms with van der Waals surface area (Å²) in [4.78, 5) is 42.8. The smallest absolute Gasteiger partial charge is 0.245 e. The summed E-state index contributed by atoms with van der Waals surface area (Å²) in [5.74, 6) is -0.673. The molecule has 0 radical (unpaired) electrons. The molecule has 1 aliphatic carbocycles. The van der Waals surface area contributed by atoms with E-state index in [1.807, 2.05) is 20.8 Å². The topological polar surface area (TPSA) is 79.4 Å². The van der Waals surface area contributed by atoms with Gasteiger partial charge in [-0.3, -0.25) is 19.3 Å². The third kappa shape index (κ3) is 2.24. The van der Waals surface area contributed by atoms with Crippen LogP contribution in [0.25, 0.3) is 0 Å². The van der Waals surface area contributed by atoms with Gasteiger partial charge in [0, 0.05) is 12.1 Å². The second-order valence-corrected chi connectivity index (χ2v) is 7.14. The van der Waals surface area contributed by atoms with Gasteiger partial charge in [0.2, 0.25) is 17.7 Å². The Morgan fingerprint density at radius 1 is 1.35 bits per heavy atom. The molecule has 6 heteroatoms. The molecule has 0 aromatic carbocycles. The summed E-state index contributed by atoms with van der Waals surface area (Å²) < 4.78 is 0. The normalized spacial score (nSPS) is 28.8. The van der Waals surface area contributed by atoms with Crippen LogP contribution in [0, 0.1) is 16.7 Å². The second-order valence-electron chi connectivity index (χ2n) is 7.14. The number of imide groups is 1. The van der Waals surface area contributed by atoms with Crippen LogP contribution in [0.1, 0.15) is 33.6 Å². The fourth-order valence-electron chi connectivity index (χ4n) is 3.81. The van der Waals surface area contributed by atoms with Gasteiger partial charge in [-0.25, -0.2) is 4.98 Å². The van der Waals surface area contributed by atoms with E-state index in [0.717, 1.165) is 4.90 Å². The Balaban J connectivity index is 1.78. The zero-order chi connectivity index (χ0) is 16.8. The maximum atomic E-state index is 12.8. The first-order valence-corrected chi connectivity index (χ1v) is 7.84. The van der Waals surface area contributed by atoms with E-state index in [0.29, 0.717) is 18.7 Å². The van der Waals surface area contributed by atoms with Crippen molar-refractivity contribution in [3.8, 4) is 0 Å². The highest BCUT2D eigenvalue weighted by Crippen LogP contribution is 2.59. The summed E-state index contributed by atoms with van der Waals surface area (Å²) in [5.41, 5.74) is -0.952. The summed E-state index contributed by atoms with van der Waals surface area (Å²) in [6, 6.07) is 5.16. The van der Waals surface area contributed by atoms with Gasteiger partial charge >= 0.3 is 0 Å². The summed E-state index contributed by atoms with van der Waals surface area (Å²) in [7, 11) is 0. The molecule has 1 aromatic rings. The molecule has 3 amide bonds. The molecule has 2 fully saturated rings. The van der Waals surface area contributed by atoms with Crippen LogP contribution in [0.4, 0.5) is 5.82 Å². The quantitative estimate of drug-likeness (QED) is 0.863. The van der Waals surface area contributed by atoms with E-state index in [4.69, 9.17) is 0 Å². The zero-order valence-electron chi connectivity index (χ0n) is 13.6. The lowest BCUT2D eigenvalue weighted by molar-refractivity contribution is -0.168. The molecule has 3 rings (SSSR count). The average Bonchev–Trinajstić information content (AvgIpc) is 2.70. The second kappa shape index (κ2) is 5.15. The van der Waals surface area contributed by atoms with Crippen LogP contribution in [0.15, 0.2) is 24.4 Å². The van der Waals surface area contributed by atoms with Crippen molar-refractivity contribution in [3.63, 3.8) is 0 Å². The minimum absolute atomic E-state index is 0.201. The molecule has 2 aliphatic rings. The Bertz CT molecular complexity index is 671. The van der Waals surface area contributed by atoms with E-state index in [2.05, 4.69) is 10.3 Å². The number of rotatable bonds is 3.